The standard InChI is InChI=1S/C45H58N6O5S/c1-8-12-30-21-35-34-22-31(15-16-38(34)50(19-11-18-49(5)6)43(35)33-13-9-17-46-42(33)29(4)55-7)37-26-57-40(47-37)24-32(23-39(52)41-27(2)28(41)3)44(53)51-20-10-14-36(48-51)45(54)56-25-30/h9,13,15-17,22,26-30,32,41H,8,10-12,14,18-21,23-25H2,1-7H3/t27-,28+,29-,30?,32?,41?/m0/s1. The summed E-state index contributed by atoms with van der Waals surface area (Å²) >= 11 is 1.52. The first-order valence-electron chi connectivity index (χ1n) is 20.8. The van der Waals surface area contributed by atoms with Crippen LogP contribution in [0.1, 0.15) is 88.6 Å². The van der Waals surface area contributed by atoms with Gasteiger partial charge in [0, 0.05) is 79.0 Å². The molecule has 12 heteroatoms. The fourth-order valence-electron chi connectivity index (χ4n) is 8.92. The molecule has 3 aromatic heterocycles. The van der Waals surface area contributed by atoms with Gasteiger partial charge in [-0.25, -0.2) is 14.8 Å². The molecule has 1 saturated carbocycles. The largest absolute Gasteiger partial charge is 0.461 e. The average molecular weight is 795 g/mol. The summed E-state index contributed by atoms with van der Waals surface area (Å²) in [5.41, 5.74) is 7.44. The Morgan fingerprint density at radius 2 is 1.95 bits per heavy atom. The van der Waals surface area contributed by atoms with Crippen LogP contribution in [0.3, 0.4) is 0 Å². The lowest BCUT2D eigenvalue weighted by molar-refractivity contribution is -0.139. The number of carbonyl (C=O) groups excluding carboxylic acids is 3. The van der Waals surface area contributed by atoms with E-state index in [-0.39, 0.29) is 48.4 Å². The molecule has 57 heavy (non-hydrogen) atoms. The number of pyridine rings is 1. The van der Waals surface area contributed by atoms with Gasteiger partial charge in [-0.15, -0.1) is 11.3 Å². The lowest BCUT2D eigenvalue weighted by Gasteiger charge is -2.27. The Bertz CT molecular complexity index is 2130. The third kappa shape index (κ3) is 8.78. The van der Waals surface area contributed by atoms with Crippen LogP contribution in [0.5, 0.6) is 0 Å². The first-order valence-corrected chi connectivity index (χ1v) is 21.7. The van der Waals surface area contributed by atoms with Gasteiger partial charge in [-0.1, -0.05) is 33.3 Å². The molecule has 3 aliphatic rings. The van der Waals surface area contributed by atoms with Gasteiger partial charge < -0.3 is 18.9 Å². The Hall–Kier alpha value is -4.26. The van der Waals surface area contributed by atoms with Gasteiger partial charge in [-0.2, -0.15) is 5.10 Å². The number of hydrogen-bond acceptors (Lipinski definition) is 10. The highest BCUT2D eigenvalue weighted by Gasteiger charge is 2.48. The van der Waals surface area contributed by atoms with Crippen molar-refractivity contribution in [2.45, 2.75) is 91.7 Å². The molecule has 6 atom stereocenters. The molecule has 1 aromatic carbocycles. The number of esters is 1. The molecule has 3 unspecified atom stereocenters. The zero-order valence-electron chi connectivity index (χ0n) is 34.6. The molecular formula is C45H58N6O5S. The van der Waals surface area contributed by atoms with E-state index in [1.165, 1.54) is 21.9 Å². The van der Waals surface area contributed by atoms with E-state index in [2.05, 4.69) is 79.1 Å². The molecule has 0 saturated heterocycles. The van der Waals surface area contributed by atoms with Gasteiger partial charge in [0.25, 0.3) is 0 Å². The highest BCUT2D eigenvalue weighted by molar-refractivity contribution is 7.10. The molecule has 7 rings (SSSR count). The number of benzene rings is 1. The monoisotopic (exact) mass is 794 g/mol. The molecule has 0 N–H and O–H groups in total. The summed E-state index contributed by atoms with van der Waals surface area (Å²) in [4.78, 5) is 53.7. The van der Waals surface area contributed by atoms with Gasteiger partial charge in [0.1, 0.15) is 11.5 Å². The first kappa shape index (κ1) is 40.9. The van der Waals surface area contributed by atoms with E-state index in [9.17, 15) is 14.4 Å². The number of methoxy groups -OCH3 is 1. The number of hydrazone groups is 1. The van der Waals surface area contributed by atoms with Crippen molar-refractivity contribution in [1.82, 2.24) is 24.4 Å². The number of rotatable bonds is 12. The number of Topliss-reactive ketones (excluding diaryl/α,β-unsaturated/α-hetero) is 1. The summed E-state index contributed by atoms with van der Waals surface area (Å²) < 4.78 is 14.4. The van der Waals surface area contributed by atoms with Crippen LogP contribution < -0.4 is 0 Å². The van der Waals surface area contributed by atoms with Gasteiger partial charge in [0.2, 0.25) is 5.91 Å². The summed E-state index contributed by atoms with van der Waals surface area (Å²) in [6.07, 6.45) is 6.51. The van der Waals surface area contributed by atoms with Gasteiger partial charge >= 0.3 is 5.97 Å². The smallest absolute Gasteiger partial charge is 0.354 e. The second-order valence-electron chi connectivity index (χ2n) is 16.7. The number of fused-ring (bicyclic) bond motifs is 5. The molecule has 2 aliphatic heterocycles. The van der Waals surface area contributed by atoms with E-state index < -0.39 is 11.9 Å². The maximum Gasteiger partial charge on any atom is 0.354 e. The molecule has 1 aliphatic carbocycles. The Labute approximate surface area is 340 Å². The van der Waals surface area contributed by atoms with Crippen LogP contribution in [0.15, 0.2) is 47.0 Å². The van der Waals surface area contributed by atoms with Crippen molar-refractivity contribution in [3.05, 3.63) is 58.2 Å². The first-order chi connectivity index (χ1) is 27.5. The maximum atomic E-state index is 14.2. The third-order valence-corrected chi connectivity index (χ3v) is 13.3. The summed E-state index contributed by atoms with van der Waals surface area (Å²) in [6.45, 7) is 10.8. The number of thiazole rings is 1. The van der Waals surface area contributed by atoms with Crippen molar-refractivity contribution in [3.63, 3.8) is 0 Å². The Morgan fingerprint density at radius 3 is 2.68 bits per heavy atom. The third-order valence-electron chi connectivity index (χ3n) is 12.4. The minimum atomic E-state index is -0.626. The van der Waals surface area contributed by atoms with E-state index in [1.54, 1.807) is 7.11 Å². The molecule has 6 bridgehead atoms. The van der Waals surface area contributed by atoms with E-state index >= 15 is 0 Å². The zero-order chi connectivity index (χ0) is 40.4. The van der Waals surface area contributed by atoms with Crippen molar-refractivity contribution in [1.29, 1.82) is 0 Å². The van der Waals surface area contributed by atoms with Crippen molar-refractivity contribution in [2.75, 3.05) is 40.9 Å². The molecule has 11 nitrogen and oxygen atoms in total. The Morgan fingerprint density at radius 1 is 1.14 bits per heavy atom. The van der Waals surface area contributed by atoms with E-state index in [0.717, 1.165) is 76.5 Å². The fourth-order valence-corrected chi connectivity index (χ4v) is 9.81. The quantitative estimate of drug-likeness (QED) is 0.133. The lowest BCUT2D eigenvalue weighted by Crippen LogP contribution is -2.40. The Kier molecular flexibility index (Phi) is 12.7. The van der Waals surface area contributed by atoms with Crippen molar-refractivity contribution in [2.24, 2.45) is 34.7 Å². The highest BCUT2D eigenvalue weighted by atomic mass is 32.1. The predicted octanol–water partition coefficient (Wildman–Crippen LogP) is 8.00. The van der Waals surface area contributed by atoms with Crippen molar-refractivity contribution < 1.29 is 23.9 Å². The molecule has 1 fully saturated rings. The van der Waals surface area contributed by atoms with Gasteiger partial charge in [0.15, 0.2) is 0 Å². The second-order valence-corrected chi connectivity index (χ2v) is 17.6. The number of aromatic nitrogens is 3. The topological polar surface area (TPSA) is 119 Å². The minimum absolute atomic E-state index is 0.0226. The van der Waals surface area contributed by atoms with Gasteiger partial charge in [-0.3, -0.25) is 14.6 Å². The number of hydrogen-bond donors (Lipinski definition) is 0. The van der Waals surface area contributed by atoms with Crippen LogP contribution in [0, 0.1) is 29.6 Å². The fraction of sp³-hybridized carbons (Fsp3) is 0.556. The van der Waals surface area contributed by atoms with Gasteiger partial charge in [-0.05, 0) is 101 Å². The normalized spacial score (nSPS) is 23.3. The summed E-state index contributed by atoms with van der Waals surface area (Å²) in [6, 6.07) is 10.8. The molecular weight excluding hydrogens is 737 g/mol. The second kappa shape index (κ2) is 17.7. The number of amides is 1. The Balaban J connectivity index is 1.38. The molecule has 5 heterocycles. The number of nitrogens with zero attached hydrogens (tertiary/aromatic N) is 6. The van der Waals surface area contributed by atoms with Crippen LogP contribution in [0.4, 0.5) is 0 Å². The van der Waals surface area contributed by atoms with Crippen LogP contribution >= 0.6 is 11.3 Å². The average Bonchev–Trinajstić information content (AvgIpc) is 3.47. The van der Waals surface area contributed by atoms with Crippen molar-refractivity contribution >= 4 is 45.6 Å². The summed E-state index contributed by atoms with van der Waals surface area (Å²) in [5.74, 6) is -0.578. The van der Waals surface area contributed by atoms with Gasteiger partial charge in [0.05, 0.1) is 40.7 Å². The zero-order valence-corrected chi connectivity index (χ0v) is 35.4. The van der Waals surface area contributed by atoms with Crippen LogP contribution in [0.25, 0.3) is 33.4 Å². The molecule has 1 amide bonds. The lowest BCUT2D eigenvalue weighted by atomic mass is 9.91. The number of cyclic esters (lactones) is 1. The molecule has 0 spiro atoms. The van der Waals surface area contributed by atoms with E-state index in [0.29, 0.717) is 44.1 Å². The number of ketones is 1. The number of aryl methyl sites for hydroxylation is 1. The SMILES string of the molecule is CCCC1COC(=O)C2=NN(CCC2)C(=O)C(CC(=O)C2[C@@H](C)[C@H]2C)Cc2nc(cs2)-c2ccc3c(c2)c(c(-c2cccnc2[C@H](C)OC)n3CCCN(C)C)C1. The molecule has 4 aromatic rings. The van der Waals surface area contributed by atoms with E-state index in [1.807, 2.05) is 19.2 Å². The highest BCUT2D eigenvalue weighted by Crippen LogP contribution is 2.47. The molecule has 304 valence electrons. The minimum Gasteiger partial charge on any atom is -0.461 e. The van der Waals surface area contributed by atoms with Crippen LogP contribution in [-0.4, -0.2) is 88.7 Å². The summed E-state index contributed by atoms with van der Waals surface area (Å²) in [5, 5.41) is 10.0. The van der Waals surface area contributed by atoms with E-state index in [4.69, 9.17) is 19.4 Å². The number of carbonyl (C=O) groups is 3. The van der Waals surface area contributed by atoms with Crippen LogP contribution in [-0.2, 0) is 43.2 Å². The maximum absolute atomic E-state index is 14.2. The van der Waals surface area contributed by atoms with Crippen molar-refractivity contribution in [3.8, 4) is 22.5 Å². The number of ether oxygens (including phenoxy) is 2. The summed E-state index contributed by atoms with van der Waals surface area (Å²) in [7, 11) is 5.92. The predicted molar refractivity (Wildman–Crippen MR) is 225 cm³/mol. The molecule has 0 radical (unpaired) electrons. The van der Waals surface area contributed by atoms with Crippen LogP contribution in [0.2, 0.25) is 0 Å².